The fourth-order valence-corrected chi connectivity index (χ4v) is 4.32. The van der Waals surface area contributed by atoms with Crippen LogP contribution in [0.1, 0.15) is 13.8 Å². The van der Waals surface area contributed by atoms with Gasteiger partial charge >= 0.3 is 0 Å². The van der Waals surface area contributed by atoms with Crippen LogP contribution in [0.15, 0.2) is 48.7 Å². The second kappa shape index (κ2) is 9.98. The molecule has 9 nitrogen and oxygen atoms in total. The molecule has 2 aromatic carbocycles. The number of nitrogens with zero attached hydrogens (tertiary/aromatic N) is 6. The molecule has 0 spiro atoms. The van der Waals surface area contributed by atoms with Crippen molar-refractivity contribution in [1.82, 2.24) is 24.8 Å². The Morgan fingerprint density at radius 2 is 1.67 bits per heavy atom. The molecule has 188 valence electrons. The van der Waals surface area contributed by atoms with E-state index in [0.717, 1.165) is 54.5 Å². The minimum absolute atomic E-state index is 0.114. The van der Waals surface area contributed by atoms with Crippen LogP contribution < -0.4 is 20.4 Å². The maximum absolute atomic E-state index is 14.5. The van der Waals surface area contributed by atoms with Crippen LogP contribution in [0.4, 0.5) is 39.2 Å². The number of piperazine rings is 1. The molecule has 3 heterocycles. The van der Waals surface area contributed by atoms with Gasteiger partial charge in [0.1, 0.15) is 0 Å². The predicted octanol–water partition coefficient (Wildman–Crippen LogP) is 4.58. The fourth-order valence-electron chi connectivity index (χ4n) is 4.32. The van der Waals surface area contributed by atoms with E-state index in [-0.39, 0.29) is 5.82 Å². The highest BCUT2D eigenvalue weighted by molar-refractivity contribution is 5.82. The van der Waals surface area contributed by atoms with Crippen molar-refractivity contribution in [3.8, 4) is 0 Å². The van der Waals surface area contributed by atoms with Crippen molar-refractivity contribution in [2.75, 3.05) is 60.7 Å². The fraction of sp³-hybridized carbons (Fsp3) is 0.346. The summed E-state index contributed by atoms with van der Waals surface area (Å²) in [5.74, 6) is 0.665. The van der Waals surface area contributed by atoms with E-state index in [0.29, 0.717) is 12.0 Å². The quantitative estimate of drug-likeness (QED) is 0.348. The minimum atomic E-state index is -0.519. The Labute approximate surface area is 210 Å². The van der Waals surface area contributed by atoms with Crippen molar-refractivity contribution in [3.63, 3.8) is 0 Å². The number of aromatic amines is 1. The zero-order valence-corrected chi connectivity index (χ0v) is 21.1. The summed E-state index contributed by atoms with van der Waals surface area (Å²) in [6.07, 6.45) is 1.17. The van der Waals surface area contributed by atoms with E-state index in [4.69, 9.17) is 0 Å². The predicted molar refractivity (Wildman–Crippen MR) is 144 cm³/mol. The van der Waals surface area contributed by atoms with Gasteiger partial charge in [-0.05, 0) is 56.3 Å². The van der Waals surface area contributed by atoms with E-state index >= 15 is 0 Å². The molecule has 1 aliphatic rings. The lowest BCUT2D eigenvalue weighted by molar-refractivity contribution is 0.209. The molecule has 36 heavy (non-hydrogen) atoms. The first-order valence-corrected chi connectivity index (χ1v) is 12.2. The molecule has 0 atom stereocenters. The summed E-state index contributed by atoms with van der Waals surface area (Å²) in [4.78, 5) is 23.0. The van der Waals surface area contributed by atoms with Crippen LogP contribution in [0.3, 0.4) is 0 Å². The van der Waals surface area contributed by atoms with Crippen LogP contribution in [-0.2, 0) is 0 Å². The van der Waals surface area contributed by atoms with Gasteiger partial charge in [0.05, 0.1) is 17.2 Å². The second-order valence-electron chi connectivity index (χ2n) is 9.49. The van der Waals surface area contributed by atoms with E-state index in [1.165, 1.54) is 11.9 Å². The minimum Gasteiger partial charge on any atom is -0.369 e. The van der Waals surface area contributed by atoms with Gasteiger partial charge in [0.25, 0.3) is 0 Å². The average molecular weight is 490 g/mol. The Hall–Kier alpha value is -3.92. The lowest BCUT2D eigenvalue weighted by Crippen LogP contribution is -2.48. The molecule has 0 bridgehead atoms. The summed E-state index contributed by atoms with van der Waals surface area (Å²) in [7, 11) is 3.86. The van der Waals surface area contributed by atoms with Crippen molar-refractivity contribution in [3.05, 3.63) is 54.5 Å². The van der Waals surface area contributed by atoms with Gasteiger partial charge in [-0.25, -0.2) is 14.4 Å². The molecular formula is C26H32FN9. The smallest absolute Gasteiger partial charge is 0.229 e. The number of hydrogen-bond acceptors (Lipinski definition) is 8. The molecule has 5 rings (SSSR count). The number of nitrogens with one attached hydrogen (secondary N) is 3. The number of hydrogen-bond donors (Lipinski definition) is 3. The van der Waals surface area contributed by atoms with E-state index in [1.807, 2.05) is 49.3 Å². The maximum Gasteiger partial charge on any atom is 0.229 e. The number of benzene rings is 2. The van der Waals surface area contributed by atoms with Gasteiger partial charge in [-0.3, -0.25) is 4.90 Å². The van der Waals surface area contributed by atoms with Crippen molar-refractivity contribution in [2.24, 2.45) is 0 Å². The molecule has 0 radical (unpaired) electrons. The molecular weight excluding hydrogens is 457 g/mol. The van der Waals surface area contributed by atoms with E-state index in [1.54, 1.807) is 0 Å². The van der Waals surface area contributed by atoms with E-state index in [9.17, 15) is 4.39 Å². The van der Waals surface area contributed by atoms with Crippen molar-refractivity contribution >= 4 is 45.8 Å². The first-order valence-electron chi connectivity index (χ1n) is 12.2. The van der Waals surface area contributed by atoms with Gasteiger partial charge in [0, 0.05) is 63.4 Å². The van der Waals surface area contributed by atoms with Gasteiger partial charge in [0.15, 0.2) is 11.6 Å². The lowest BCUT2D eigenvalue weighted by atomic mass is 10.2. The molecule has 1 aliphatic heterocycles. The SMILES string of the molecule is CC(C)N1CCN(c2ccc(Nc3nc(Nc4ccc5nc(N(C)C)[nH]c5c4)ncc3F)cc2)CC1. The molecule has 3 N–H and O–H groups in total. The number of rotatable bonds is 7. The standard InChI is InChI=1S/C26H32FN9/c1-17(2)35-11-13-36(14-12-35)20-8-5-18(6-9-20)29-24-21(27)16-28-25(33-24)30-19-7-10-22-23(15-19)32-26(31-22)34(3)4/h5-10,15-17H,11-14H2,1-4H3,(H,31,32)(H2,28,29,30,33). The summed E-state index contributed by atoms with van der Waals surface area (Å²) in [6, 6.07) is 14.3. The molecule has 0 aliphatic carbocycles. The summed E-state index contributed by atoms with van der Waals surface area (Å²) >= 11 is 0. The zero-order chi connectivity index (χ0) is 25.2. The summed E-state index contributed by atoms with van der Waals surface area (Å²) in [6.45, 7) is 8.60. The van der Waals surface area contributed by atoms with Crippen LogP contribution >= 0.6 is 0 Å². The first kappa shape index (κ1) is 23.8. The van der Waals surface area contributed by atoms with Crippen LogP contribution in [0.5, 0.6) is 0 Å². The molecule has 0 saturated carbocycles. The summed E-state index contributed by atoms with van der Waals surface area (Å²) < 4.78 is 14.5. The number of aromatic nitrogens is 4. The van der Waals surface area contributed by atoms with Crippen molar-refractivity contribution in [2.45, 2.75) is 19.9 Å². The van der Waals surface area contributed by atoms with Crippen LogP contribution in [0.2, 0.25) is 0 Å². The van der Waals surface area contributed by atoms with E-state index < -0.39 is 5.82 Å². The molecule has 0 amide bonds. The van der Waals surface area contributed by atoms with Crippen LogP contribution in [-0.4, -0.2) is 71.2 Å². The summed E-state index contributed by atoms with van der Waals surface area (Å²) in [5.41, 5.74) is 4.45. The number of anilines is 6. The van der Waals surface area contributed by atoms with Crippen LogP contribution in [0.25, 0.3) is 11.0 Å². The Morgan fingerprint density at radius 3 is 2.36 bits per heavy atom. The Kier molecular flexibility index (Phi) is 6.60. The zero-order valence-electron chi connectivity index (χ0n) is 21.1. The second-order valence-corrected chi connectivity index (χ2v) is 9.49. The first-order chi connectivity index (χ1) is 17.4. The third-order valence-electron chi connectivity index (χ3n) is 6.43. The normalized spacial score (nSPS) is 14.4. The Bertz CT molecular complexity index is 1330. The molecule has 0 unspecified atom stereocenters. The summed E-state index contributed by atoms with van der Waals surface area (Å²) in [5, 5.41) is 6.23. The molecule has 10 heteroatoms. The van der Waals surface area contributed by atoms with E-state index in [2.05, 4.69) is 66.3 Å². The van der Waals surface area contributed by atoms with Gasteiger partial charge in [-0.15, -0.1) is 0 Å². The number of fused-ring (bicyclic) bond motifs is 1. The molecule has 1 fully saturated rings. The van der Waals surface area contributed by atoms with Crippen LogP contribution in [0, 0.1) is 5.82 Å². The Balaban J connectivity index is 1.26. The van der Waals surface area contributed by atoms with Gasteiger partial charge in [0.2, 0.25) is 11.9 Å². The molecule has 1 saturated heterocycles. The topological polar surface area (TPSA) is 88.2 Å². The number of H-pyrrole nitrogens is 1. The number of halogens is 1. The van der Waals surface area contributed by atoms with Gasteiger partial charge in [-0.1, -0.05) is 0 Å². The average Bonchev–Trinajstić information content (AvgIpc) is 3.31. The Morgan fingerprint density at radius 1 is 0.944 bits per heavy atom. The third-order valence-corrected chi connectivity index (χ3v) is 6.43. The monoisotopic (exact) mass is 489 g/mol. The lowest BCUT2D eigenvalue weighted by Gasteiger charge is -2.38. The third kappa shape index (κ3) is 5.18. The van der Waals surface area contributed by atoms with Gasteiger partial charge < -0.3 is 25.4 Å². The maximum atomic E-state index is 14.5. The highest BCUT2D eigenvalue weighted by Crippen LogP contribution is 2.25. The molecule has 2 aromatic heterocycles. The highest BCUT2D eigenvalue weighted by atomic mass is 19.1. The van der Waals surface area contributed by atoms with Gasteiger partial charge in [-0.2, -0.15) is 4.98 Å². The highest BCUT2D eigenvalue weighted by Gasteiger charge is 2.19. The van der Waals surface area contributed by atoms with Crippen molar-refractivity contribution < 1.29 is 4.39 Å². The largest absolute Gasteiger partial charge is 0.369 e. The number of imidazole rings is 1. The van der Waals surface area contributed by atoms with Crippen molar-refractivity contribution in [1.29, 1.82) is 0 Å². The molecule has 4 aromatic rings.